The fraction of sp³-hybridized carbons (Fsp3) is 0.941. The van der Waals surface area contributed by atoms with Gasteiger partial charge in [0, 0.05) is 7.11 Å². The number of carboxylic acids is 1. The van der Waals surface area contributed by atoms with Crippen LogP contribution in [-0.2, 0) is 9.53 Å². The minimum atomic E-state index is -0.764. The van der Waals surface area contributed by atoms with E-state index in [-0.39, 0.29) is 12.5 Å². The summed E-state index contributed by atoms with van der Waals surface area (Å²) in [5.41, 5.74) is 0. The largest absolute Gasteiger partial charge is 0.481 e. The summed E-state index contributed by atoms with van der Waals surface area (Å²) < 4.78 is 5.17. The molecule has 0 saturated carbocycles. The van der Waals surface area contributed by atoms with Gasteiger partial charge in [0.05, 0.1) is 12.5 Å². The molecule has 20 heavy (non-hydrogen) atoms. The number of hydrogen-bond acceptors (Lipinski definition) is 2. The highest BCUT2D eigenvalue weighted by molar-refractivity contribution is 5.67. The average Bonchev–Trinajstić information content (AvgIpc) is 2.43. The third-order valence-electron chi connectivity index (χ3n) is 3.87. The summed E-state index contributed by atoms with van der Waals surface area (Å²) in [6.07, 6.45) is 15.4. The SMILES string of the molecule is CCCCCCCCCCCCCC(CC(=O)O)OC. The van der Waals surface area contributed by atoms with Crippen molar-refractivity contribution in [1.82, 2.24) is 0 Å². The van der Waals surface area contributed by atoms with Gasteiger partial charge >= 0.3 is 5.97 Å². The van der Waals surface area contributed by atoms with Gasteiger partial charge in [-0.3, -0.25) is 4.79 Å². The molecule has 1 N–H and O–H groups in total. The molecule has 0 aromatic carbocycles. The molecule has 120 valence electrons. The molecule has 3 heteroatoms. The number of rotatable bonds is 15. The maximum atomic E-state index is 10.6. The predicted molar refractivity (Wildman–Crippen MR) is 84.1 cm³/mol. The quantitative estimate of drug-likeness (QED) is 0.422. The lowest BCUT2D eigenvalue weighted by Gasteiger charge is -2.12. The summed E-state index contributed by atoms with van der Waals surface area (Å²) in [5.74, 6) is -0.764. The lowest BCUT2D eigenvalue weighted by atomic mass is 10.0. The second-order valence-electron chi connectivity index (χ2n) is 5.78. The highest BCUT2D eigenvalue weighted by Gasteiger charge is 2.11. The van der Waals surface area contributed by atoms with E-state index in [9.17, 15) is 4.79 Å². The Bertz CT molecular complexity index is 216. The maximum absolute atomic E-state index is 10.6. The van der Waals surface area contributed by atoms with Crippen LogP contribution in [0.2, 0.25) is 0 Å². The molecule has 0 aliphatic rings. The maximum Gasteiger partial charge on any atom is 0.305 e. The molecule has 1 unspecified atom stereocenters. The van der Waals surface area contributed by atoms with Crippen molar-refractivity contribution in [1.29, 1.82) is 0 Å². The Balaban J connectivity index is 3.21. The number of unbranched alkanes of at least 4 members (excludes halogenated alkanes) is 10. The summed E-state index contributed by atoms with van der Waals surface area (Å²) in [6, 6.07) is 0. The Morgan fingerprint density at radius 3 is 1.75 bits per heavy atom. The van der Waals surface area contributed by atoms with E-state index in [0.29, 0.717) is 0 Å². The van der Waals surface area contributed by atoms with Crippen LogP contribution >= 0.6 is 0 Å². The zero-order valence-electron chi connectivity index (χ0n) is 13.5. The van der Waals surface area contributed by atoms with E-state index in [1.807, 2.05) is 0 Å². The first-order valence-corrected chi connectivity index (χ1v) is 8.45. The van der Waals surface area contributed by atoms with E-state index in [0.717, 1.165) is 12.8 Å². The van der Waals surface area contributed by atoms with Crippen molar-refractivity contribution in [3.63, 3.8) is 0 Å². The molecule has 0 saturated heterocycles. The molecule has 0 radical (unpaired) electrons. The fourth-order valence-corrected chi connectivity index (χ4v) is 2.53. The number of aliphatic carboxylic acids is 1. The van der Waals surface area contributed by atoms with Crippen LogP contribution in [0.1, 0.15) is 90.4 Å². The van der Waals surface area contributed by atoms with Gasteiger partial charge in [-0.25, -0.2) is 0 Å². The standard InChI is InChI=1S/C17H34O3/c1-3-4-5-6-7-8-9-10-11-12-13-14-16(20-2)15-17(18)19/h16H,3-15H2,1-2H3,(H,18,19). The molecule has 0 amide bonds. The summed E-state index contributed by atoms with van der Waals surface area (Å²) in [6.45, 7) is 2.25. The van der Waals surface area contributed by atoms with E-state index in [1.165, 1.54) is 64.2 Å². The van der Waals surface area contributed by atoms with Crippen molar-refractivity contribution < 1.29 is 14.6 Å². The van der Waals surface area contributed by atoms with Crippen molar-refractivity contribution in [3.8, 4) is 0 Å². The predicted octanol–water partition coefficient (Wildman–Crippen LogP) is 5.18. The minimum absolute atomic E-state index is 0.105. The Hall–Kier alpha value is -0.570. The van der Waals surface area contributed by atoms with Crippen LogP contribution < -0.4 is 0 Å². The fourth-order valence-electron chi connectivity index (χ4n) is 2.53. The molecule has 3 nitrogen and oxygen atoms in total. The number of hydrogen-bond donors (Lipinski definition) is 1. The van der Waals surface area contributed by atoms with Gasteiger partial charge < -0.3 is 9.84 Å². The molecular weight excluding hydrogens is 252 g/mol. The van der Waals surface area contributed by atoms with Crippen LogP contribution in [0.15, 0.2) is 0 Å². The van der Waals surface area contributed by atoms with E-state index < -0.39 is 5.97 Å². The van der Waals surface area contributed by atoms with Gasteiger partial charge in [-0.05, 0) is 6.42 Å². The van der Waals surface area contributed by atoms with E-state index in [4.69, 9.17) is 9.84 Å². The van der Waals surface area contributed by atoms with Gasteiger partial charge in [-0.15, -0.1) is 0 Å². The third-order valence-corrected chi connectivity index (χ3v) is 3.87. The second-order valence-corrected chi connectivity index (χ2v) is 5.78. The molecule has 0 aromatic rings. The molecule has 0 spiro atoms. The van der Waals surface area contributed by atoms with Gasteiger partial charge in [0.1, 0.15) is 0 Å². The molecule has 0 rings (SSSR count). The molecule has 1 atom stereocenters. The Kier molecular flexibility index (Phi) is 14.4. The summed E-state index contributed by atoms with van der Waals surface area (Å²) >= 11 is 0. The van der Waals surface area contributed by atoms with Gasteiger partial charge in [0.15, 0.2) is 0 Å². The smallest absolute Gasteiger partial charge is 0.305 e. The molecule has 0 aliphatic carbocycles. The van der Waals surface area contributed by atoms with Crippen molar-refractivity contribution in [2.24, 2.45) is 0 Å². The zero-order valence-corrected chi connectivity index (χ0v) is 13.5. The van der Waals surface area contributed by atoms with Crippen molar-refractivity contribution in [3.05, 3.63) is 0 Å². The molecule has 0 aromatic heterocycles. The van der Waals surface area contributed by atoms with Crippen LogP contribution in [0.3, 0.4) is 0 Å². The van der Waals surface area contributed by atoms with Crippen molar-refractivity contribution in [2.45, 2.75) is 96.5 Å². The van der Waals surface area contributed by atoms with Gasteiger partial charge in [-0.2, -0.15) is 0 Å². The second kappa shape index (κ2) is 14.8. The number of ether oxygens (including phenoxy) is 1. The van der Waals surface area contributed by atoms with E-state index >= 15 is 0 Å². The minimum Gasteiger partial charge on any atom is -0.481 e. The van der Waals surface area contributed by atoms with Crippen molar-refractivity contribution >= 4 is 5.97 Å². The topological polar surface area (TPSA) is 46.5 Å². The van der Waals surface area contributed by atoms with Crippen LogP contribution in [0, 0.1) is 0 Å². The van der Waals surface area contributed by atoms with Crippen molar-refractivity contribution in [2.75, 3.05) is 7.11 Å². The Morgan fingerprint density at radius 1 is 0.900 bits per heavy atom. The molecule has 0 heterocycles. The highest BCUT2D eigenvalue weighted by atomic mass is 16.5. The first-order valence-electron chi connectivity index (χ1n) is 8.45. The van der Waals surface area contributed by atoms with Gasteiger partial charge in [-0.1, -0.05) is 77.6 Å². The molecule has 0 bridgehead atoms. The summed E-state index contributed by atoms with van der Waals surface area (Å²) in [5, 5.41) is 8.71. The van der Waals surface area contributed by atoms with Crippen LogP contribution in [0.5, 0.6) is 0 Å². The highest BCUT2D eigenvalue weighted by Crippen LogP contribution is 2.14. The average molecular weight is 286 g/mol. The summed E-state index contributed by atoms with van der Waals surface area (Å²) in [7, 11) is 1.60. The first-order chi connectivity index (χ1) is 9.70. The number of carbonyl (C=O) groups is 1. The summed E-state index contributed by atoms with van der Waals surface area (Å²) in [4.78, 5) is 10.6. The lowest BCUT2D eigenvalue weighted by molar-refractivity contribution is -0.139. The van der Waals surface area contributed by atoms with Gasteiger partial charge in [0.2, 0.25) is 0 Å². The van der Waals surface area contributed by atoms with Gasteiger partial charge in [0.25, 0.3) is 0 Å². The van der Waals surface area contributed by atoms with Crippen LogP contribution in [0.4, 0.5) is 0 Å². The molecule has 0 aliphatic heterocycles. The monoisotopic (exact) mass is 286 g/mol. The number of methoxy groups -OCH3 is 1. The lowest BCUT2D eigenvalue weighted by Crippen LogP contribution is -2.15. The van der Waals surface area contributed by atoms with Crippen LogP contribution in [-0.4, -0.2) is 24.3 Å². The Labute approximate surface area is 125 Å². The van der Waals surface area contributed by atoms with E-state index in [2.05, 4.69) is 6.92 Å². The normalized spacial score (nSPS) is 12.5. The third kappa shape index (κ3) is 13.9. The van der Waals surface area contributed by atoms with E-state index in [1.54, 1.807) is 7.11 Å². The Morgan fingerprint density at radius 2 is 1.35 bits per heavy atom. The first kappa shape index (κ1) is 19.4. The van der Waals surface area contributed by atoms with Crippen LogP contribution in [0.25, 0.3) is 0 Å². The molecule has 0 fully saturated rings. The zero-order chi connectivity index (χ0) is 15.1. The number of carboxylic acid groups (broad SMARTS) is 1. The molecular formula is C17H34O3.